The fraction of sp³-hybridized carbons (Fsp3) is 0.462. The lowest BCUT2D eigenvalue weighted by atomic mass is 10.4. The molecule has 1 N–H and O–H groups in total. The van der Waals surface area contributed by atoms with Crippen molar-refractivity contribution in [2.45, 2.75) is 31.1 Å². The molecule has 0 unspecified atom stereocenters. The van der Waals surface area contributed by atoms with Gasteiger partial charge in [0.15, 0.2) is 0 Å². The van der Waals surface area contributed by atoms with E-state index in [-0.39, 0.29) is 0 Å². The maximum absolute atomic E-state index is 12.5. The van der Waals surface area contributed by atoms with Gasteiger partial charge in [0.25, 0.3) is 10.0 Å². The molecule has 0 spiro atoms. The van der Waals surface area contributed by atoms with E-state index in [1.54, 1.807) is 13.1 Å². The average molecular weight is 346 g/mol. The van der Waals surface area contributed by atoms with Crippen molar-refractivity contribution in [2.24, 2.45) is 0 Å². The number of aromatic nitrogens is 1. The predicted octanol–water partition coefficient (Wildman–Crippen LogP) is 2.44. The van der Waals surface area contributed by atoms with Crippen molar-refractivity contribution in [1.82, 2.24) is 14.6 Å². The van der Waals surface area contributed by atoms with E-state index in [1.807, 2.05) is 25.3 Å². The Morgan fingerprint density at radius 3 is 2.76 bits per heavy atom. The molecular formula is C13H19N3O2S3. The van der Waals surface area contributed by atoms with E-state index in [4.69, 9.17) is 0 Å². The van der Waals surface area contributed by atoms with Gasteiger partial charge in [-0.2, -0.15) is 4.31 Å². The summed E-state index contributed by atoms with van der Waals surface area (Å²) >= 11 is 2.84. The molecule has 2 aromatic rings. The lowest BCUT2D eigenvalue weighted by Crippen LogP contribution is -2.26. The normalized spacial score (nSPS) is 12.2. The Labute approximate surface area is 133 Å². The Hall–Kier alpha value is -0.800. The Balaban J connectivity index is 2.11. The van der Waals surface area contributed by atoms with Crippen molar-refractivity contribution in [3.05, 3.63) is 33.1 Å². The molecular weight excluding hydrogens is 326 g/mol. The van der Waals surface area contributed by atoms with Crippen molar-refractivity contribution in [3.63, 3.8) is 0 Å². The zero-order chi connectivity index (χ0) is 15.5. The molecule has 0 aliphatic rings. The molecule has 2 rings (SSSR count). The van der Waals surface area contributed by atoms with Gasteiger partial charge in [-0.1, -0.05) is 6.92 Å². The van der Waals surface area contributed by atoms with Crippen LogP contribution >= 0.6 is 22.7 Å². The highest BCUT2D eigenvalue weighted by Gasteiger charge is 2.23. The Morgan fingerprint density at radius 2 is 2.14 bits per heavy atom. The molecule has 0 fully saturated rings. The number of nitrogens with zero attached hydrogens (tertiary/aromatic N) is 2. The molecule has 116 valence electrons. The minimum absolute atomic E-state index is 0.299. The van der Waals surface area contributed by atoms with Crippen LogP contribution in [0.3, 0.4) is 0 Å². The first kappa shape index (κ1) is 16.6. The van der Waals surface area contributed by atoms with Gasteiger partial charge in [0, 0.05) is 23.8 Å². The standard InChI is InChI=1S/C13H19N3O2S3/c1-4-14-7-12-5-6-13(20-12)21(17,18)16(3)8-11-9-19-10(2)15-11/h5-6,9,14H,4,7-8H2,1-3H3. The van der Waals surface area contributed by atoms with Crippen LogP contribution in [-0.4, -0.2) is 31.3 Å². The van der Waals surface area contributed by atoms with Gasteiger partial charge in [-0.05, 0) is 25.6 Å². The maximum Gasteiger partial charge on any atom is 0.252 e. The second-order valence-corrected chi connectivity index (χ2v) is 9.12. The summed E-state index contributed by atoms with van der Waals surface area (Å²) in [5.41, 5.74) is 0.785. The number of rotatable bonds is 7. The molecule has 0 aliphatic heterocycles. The number of hydrogen-bond acceptors (Lipinski definition) is 6. The molecule has 0 aromatic carbocycles. The molecule has 0 saturated heterocycles. The number of nitrogens with one attached hydrogen (secondary N) is 1. The molecule has 2 aromatic heterocycles. The van der Waals surface area contributed by atoms with Gasteiger partial charge in [-0.15, -0.1) is 22.7 Å². The highest BCUT2D eigenvalue weighted by atomic mass is 32.2. The van der Waals surface area contributed by atoms with Crippen molar-refractivity contribution in [1.29, 1.82) is 0 Å². The first-order valence-electron chi connectivity index (χ1n) is 6.60. The first-order chi connectivity index (χ1) is 9.93. The van der Waals surface area contributed by atoms with Crippen molar-refractivity contribution in [3.8, 4) is 0 Å². The van der Waals surface area contributed by atoms with Gasteiger partial charge in [0.1, 0.15) is 4.21 Å². The summed E-state index contributed by atoms with van der Waals surface area (Å²) in [5.74, 6) is 0. The summed E-state index contributed by atoms with van der Waals surface area (Å²) in [7, 11) is -1.85. The largest absolute Gasteiger partial charge is 0.312 e. The second kappa shape index (κ2) is 6.97. The molecule has 8 heteroatoms. The monoisotopic (exact) mass is 345 g/mol. The van der Waals surface area contributed by atoms with Crippen LogP contribution in [0, 0.1) is 6.92 Å². The summed E-state index contributed by atoms with van der Waals surface area (Å²) in [5, 5.41) is 6.03. The third-order valence-electron chi connectivity index (χ3n) is 2.90. The van der Waals surface area contributed by atoms with E-state index in [2.05, 4.69) is 10.3 Å². The van der Waals surface area contributed by atoms with Gasteiger partial charge in [-0.3, -0.25) is 0 Å². The van der Waals surface area contributed by atoms with Crippen LogP contribution in [0.4, 0.5) is 0 Å². The van der Waals surface area contributed by atoms with Gasteiger partial charge >= 0.3 is 0 Å². The minimum atomic E-state index is -3.44. The third kappa shape index (κ3) is 4.10. The molecule has 0 bridgehead atoms. The first-order valence-corrected chi connectivity index (χ1v) is 9.74. The van der Waals surface area contributed by atoms with Crippen LogP contribution in [0.2, 0.25) is 0 Å². The topological polar surface area (TPSA) is 62.3 Å². The highest BCUT2D eigenvalue weighted by Crippen LogP contribution is 2.25. The Bertz CT molecular complexity index is 691. The molecule has 0 saturated carbocycles. The van der Waals surface area contributed by atoms with E-state index in [9.17, 15) is 8.42 Å². The fourth-order valence-electron chi connectivity index (χ4n) is 1.79. The lowest BCUT2D eigenvalue weighted by molar-refractivity contribution is 0.464. The quantitative estimate of drug-likeness (QED) is 0.837. The van der Waals surface area contributed by atoms with Crippen molar-refractivity contribution < 1.29 is 8.42 Å². The third-order valence-corrected chi connectivity index (χ3v) is 7.08. The number of hydrogen-bond donors (Lipinski definition) is 1. The summed E-state index contributed by atoms with van der Waals surface area (Å²) < 4.78 is 26.8. The van der Waals surface area contributed by atoms with Crippen LogP contribution in [0.15, 0.2) is 21.7 Å². The number of thiazole rings is 1. The molecule has 0 radical (unpaired) electrons. The zero-order valence-electron chi connectivity index (χ0n) is 12.3. The SMILES string of the molecule is CCNCc1ccc(S(=O)(=O)N(C)Cc2csc(C)n2)s1. The van der Waals surface area contributed by atoms with E-state index < -0.39 is 10.0 Å². The van der Waals surface area contributed by atoms with E-state index in [1.165, 1.54) is 27.0 Å². The Morgan fingerprint density at radius 1 is 1.38 bits per heavy atom. The van der Waals surface area contributed by atoms with Crippen LogP contribution in [0.5, 0.6) is 0 Å². The summed E-state index contributed by atoms with van der Waals surface area (Å²) in [6, 6.07) is 3.54. The molecule has 0 amide bonds. The highest BCUT2D eigenvalue weighted by molar-refractivity contribution is 7.91. The van der Waals surface area contributed by atoms with E-state index >= 15 is 0 Å². The van der Waals surface area contributed by atoms with E-state index in [0.717, 1.165) is 22.1 Å². The minimum Gasteiger partial charge on any atom is -0.312 e. The maximum atomic E-state index is 12.5. The summed E-state index contributed by atoms with van der Waals surface area (Å²) in [6.07, 6.45) is 0. The zero-order valence-corrected chi connectivity index (χ0v) is 14.7. The summed E-state index contributed by atoms with van der Waals surface area (Å²) in [6.45, 7) is 5.80. The summed E-state index contributed by atoms with van der Waals surface area (Å²) in [4.78, 5) is 5.33. The van der Waals surface area contributed by atoms with Crippen LogP contribution in [0.1, 0.15) is 22.5 Å². The molecule has 21 heavy (non-hydrogen) atoms. The molecule has 0 aliphatic carbocycles. The van der Waals surface area contributed by atoms with Crippen LogP contribution in [0.25, 0.3) is 0 Å². The number of sulfonamides is 1. The fourth-order valence-corrected chi connectivity index (χ4v) is 5.07. The average Bonchev–Trinajstić information content (AvgIpc) is 3.06. The van der Waals surface area contributed by atoms with Crippen LogP contribution < -0.4 is 5.32 Å². The number of aryl methyl sites for hydroxylation is 1. The Kier molecular flexibility index (Phi) is 5.50. The van der Waals surface area contributed by atoms with E-state index in [0.29, 0.717) is 17.3 Å². The predicted molar refractivity (Wildman–Crippen MR) is 87.2 cm³/mol. The van der Waals surface area contributed by atoms with Crippen molar-refractivity contribution in [2.75, 3.05) is 13.6 Å². The number of thiophene rings is 1. The molecule has 5 nitrogen and oxygen atoms in total. The van der Waals surface area contributed by atoms with Gasteiger partial charge in [-0.25, -0.2) is 13.4 Å². The van der Waals surface area contributed by atoms with Gasteiger partial charge < -0.3 is 5.32 Å². The van der Waals surface area contributed by atoms with Gasteiger partial charge in [0.05, 0.1) is 17.2 Å². The van der Waals surface area contributed by atoms with Gasteiger partial charge in [0.2, 0.25) is 0 Å². The molecule has 2 heterocycles. The smallest absolute Gasteiger partial charge is 0.252 e. The van der Waals surface area contributed by atoms with Crippen LogP contribution in [-0.2, 0) is 23.1 Å². The lowest BCUT2D eigenvalue weighted by Gasteiger charge is -2.14. The van der Waals surface area contributed by atoms with Crippen molar-refractivity contribution >= 4 is 32.7 Å². The second-order valence-electron chi connectivity index (χ2n) is 4.62. The molecule has 0 atom stereocenters.